The predicted molar refractivity (Wildman–Crippen MR) is 80.9 cm³/mol. The second-order valence-electron chi connectivity index (χ2n) is 3.77. The van der Waals surface area contributed by atoms with E-state index >= 15 is 0 Å². The van der Waals surface area contributed by atoms with Crippen molar-refractivity contribution in [1.82, 2.24) is 5.32 Å². The highest BCUT2D eigenvalue weighted by Gasteiger charge is 2.03. The van der Waals surface area contributed by atoms with E-state index in [4.69, 9.17) is 4.74 Å². The highest BCUT2D eigenvalue weighted by molar-refractivity contribution is 9.10. The highest BCUT2D eigenvalue weighted by atomic mass is 79.9. The molecule has 0 radical (unpaired) electrons. The molecule has 2 N–H and O–H groups in total. The molecule has 6 heteroatoms. The summed E-state index contributed by atoms with van der Waals surface area (Å²) in [5.41, 5.74) is 0.727. The molecule has 0 atom stereocenters. The van der Waals surface area contributed by atoms with E-state index in [1.165, 1.54) is 0 Å². The van der Waals surface area contributed by atoms with Crippen LogP contribution >= 0.6 is 27.3 Å². The van der Waals surface area contributed by atoms with Gasteiger partial charge < -0.3 is 15.4 Å². The number of hydrogen-bond donors (Lipinski definition) is 2. The molecule has 100 valence electrons. The van der Waals surface area contributed by atoms with Gasteiger partial charge >= 0.3 is 6.03 Å². The van der Waals surface area contributed by atoms with Gasteiger partial charge in [-0.1, -0.05) is 0 Å². The van der Waals surface area contributed by atoms with Crippen molar-refractivity contribution in [3.05, 3.63) is 45.1 Å². The second-order valence-corrected chi connectivity index (χ2v) is 5.68. The molecule has 0 saturated carbocycles. The van der Waals surface area contributed by atoms with Crippen LogP contribution in [0.5, 0.6) is 5.75 Å². The van der Waals surface area contributed by atoms with Crippen molar-refractivity contribution in [2.45, 2.75) is 6.54 Å². The number of nitrogens with one attached hydrogen (secondary N) is 2. The van der Waals surface area contributed by atoms with Crippen molar-refractivity contribution in [3.8, 4) is 5.75 Å². The summed E-state index contributed by atoms with van der Waals surface area (Å²) in [4.78, 5) is 12.8. The lowest BCUT2D eigenvalue weighted by molar-refractivity contribution is 0.252. The number of ether oxygens (including phenoxy) is 1. The standard InChI is InChI=1S/C13H13BrN2O2S/c1-18-11-4-2-10(3-5-11)16-13(17)15-7-12-6-9(14)8-19-12/h2-6,8H,7H2,1H3,(H2,15,16,17). The molecule has 2 aromatic rings. The first-order valence-electron chi connectivity index (χ1n) is 5.59. The second kappa shape index (κ2) is 6.58. The Kier molecular flexibility index (Phi) is 4.81. The third-order valence-electron chi connectivity index (χ3n) is 2.39. The van der Waals surface area contributed by atoms with Gasteiger partial charge in [0.2, 0.25) is 0 Å². The van der Waals surface area contributed by atoms with Crippen LogP contribution in [0.15, 0.2) is 40.2 Å². The molecule has 19 heavy (non-hydrogen) atoms. The fraction of sp³-hybridized carbons (Fsp3) is 0.154. The van der Waals surface area contributed by atoms with Crippen molar-refractivity contribution in [1.29, 1.82) is 0 Å². The fourth-order valence-corrected chi connectivity index (χ4v) is 2.85. The lowest BCUT2D eigenvalue weighted by Gasteiger charge is -2.07. The Morgan fingerprint density at radius 1 is 1.37 bits per heavy atom. The van der Waals surface area contributed by atoms with E-state index in [1.54, 1.807) is 42.7 Å². The van der Waals surface area contributed by atoms with Gasteiger partial charge in [-0.05, 0) is 46.3 Å². The molecule has 4 nitrogen and oxygen atoms in total. The molecule has 1 heterocycles. The number of amides is 2. The molecule has 0 aliphatic rings. The number of carbonyl (C=O) groups is 1. The summed E-state index contributed by atoms with van der Waals surface area (Å²) in [6.45, 7) is 0.512. The fourth-order valence-electron chi connectivity index (χ4n) is 1.46. The molecule has 2 rings (SSSR count). The molecule has 1 aromatic heterocycles. The average Bonchev–Trinajstić information content (AvgIpc) is 2.83. The molecule has 0 fully saturated rings. The Bertz CT molecular complexity index is 554. The summed E-state index contributed by atoms with van der Waals surface area (Å²) in [6.07, 6.45) is 0. The van der Waals surface area contributed by atoms with E-state index in [-0.39, 0.29) is 6.03 Å². The number of thiophene rings is 1. The number of anilines is 1. The smallest absolute Gasteiger partial charge is 0.319 e. The molecule has 0 aliphatic carbocycles. The zero-order valence-electron chi connectivity index (χ0n) is 10.3. The van der Waals surface area contributed by atoms with Gasteiger partial charge in [0.1, 0.15) is 5.75 Å². The summed E-state index contributed by atoms with van der Waals surface area (Å²) >= 11 is 4.97. The Hall–Kier alpha value is -1.53. The molecule has 0 saturated heterocycles. The normalized spacial score (nSPS) is 10.0. The Balaban J connectivity index is 1.83. The van der Waals surface area contributed by atoms with E-state index in [1.807, 2.05) is 11.4 Å². The van der Waals surface area contributed by atoms with Crippen molar-refractivity contribution in [3.63, 3.8) is 0 Å². The number of methoxy groups -OCH3 is 1. The zero-order valence-corrected chi connectivity index (χ0v) is 12.7. The monoisotopic (exact) mass is 340 g/mol. The molecular weight excluding hydrogens is 328 g/mol. The lowest BCUT2D eigenvalue weighted by atomic mass is 10.3. The number of halogens is 1. The molecule has 1 aromatic carbocycles. The summed E-state index contributed by atoms with van der Waals surface area (Å²) in [5.74, 6) is 0.759. The summed E-state index contributed by atoms with van der Waals surface area (Å²) in [6, 6.07) is 8.94. The van der Waals surface area contributed by atoms with Crippen LogP contribution < -0.4 is 15.4 Å². The van der Waals surface area contributed by atoms with E-state index in [0.29, 0.717) is 6.54 Å². The van der Waals surface area contributed by atoms with Gasteiger partial charge in [-0.2, -0.15) is 0 Å². The SMILES string of the molecule is COc1ccc(NC(=O)NCc2cc(Br)cs2)cc1. The topological polar surface area (TPSA) is 50.4 Å². The zero-order chi connectivity index (χ0) is 13.7. The first-order chi connectivity index (χ1) is 9.17. The number of carbonyl (C=O) groups excluding carboxylic acids is 1. The Morgan fingerprint density at radius 2 is 2.11 bits per heavy atom. The summed E-state index contributed by atoms with van der Waals surface area (Å²) in [5, 5.41) is 7.54. The van der Waals surface area contributed by atoms with Crippen LogP contribution in [0.4, 0.5) is 10.5 Å². The summed E-state index contributed by atoms with van der Waals surface area (Å²) in [7, 11) is 1.61. The average molecular weight is 341 g/mol. The van der Waals surface area contributed by atoms with E-state index in [0.717, 1.165) is 20.8 Å². The van der Waals surface area contributed by atoms with Crippen LogP contribution in [0, 0.1) is 0 Å². The third-order valence-corrected chi connectivity index (χ3v) is 4.09. The van der Waals surface area contributed by atoms with Crippen LogP contribution in [0.25, 0.3) is 0 Å². The van der Waals surface area contributed by atoms with Gasteiger partial charge in [0.05, 0.1) is 13.7 Å². The minimum atomic E-state index is -0.227. The van der Waals surface area contributed by atoms with Crippen LogP contribution in [0.3, 0.4) is 0 Å². The van der Waals surface area contributed by atoms with Crippen LogP contribution in [0.1, 0.15) is 4.88 Å². The van der Waals surface area contributed by atoms with Gasteiger partial charge in [0, 0.05) is 20.4 Å². The Labute approximate surface area is 123 Å². The quantitative estimate of drug-likeness (QED) is 0.888. The first-order valence-corrected chi connectivity index (χ1v) is 7.26. The number of benzene rings is 1. The van der Waals surface area contributed by atoms with Gasteiger partial charge in [0.25, 0.3) is 0 Å². The van der Waals surface area contributed by atoms with Crippen molar-refractivity contribution < 1.29 is 9.53 Å². The molecule has 0 spiro atoms. The minimum absolute atomic E-state index is 0.227. The maximum atomic E-state index is 11.7. The summed E-state index contributed by atoms with van der Waals surface area (Å²) < 4.78 is 6.08. The van der Waals surface area contributed by atoms with Gasteiger partial charge in [-0.15, -0.1) is 11.3 Å². The Morgan fingerprint density at radius 3 is 2.68 bits per heavy atom. The molecule has 2 amide bonds. The predicted octanol–water partition coefficient (Wildman–Crippen LogP) is 3.84. The first kappa shape index (κ1) is 13.9. The van der Waals surface area contributed by atoms with Crippen LogP contribution in [-0.2, 0) is 6.54 Å². The largest absolute Gasteiger partial charge is 0.497 e. The van der Waals surface area contributed by atoms with Crippen molar-refractivity contribution in [2.24, 2.45) is 0 Å². The number of hydrogen-bond acceptors (Lipinski definition) is 3. The molecule has 0 bridgehead atoms. The van der Waals surface area contributed by atoms with Crippen molar-refractivity contribution in [2.75, 3.05) is 12.4 Å². The lowest BCUT2D eigenvalue weighted by Crippen LogP contribution is -2.27. The van der Waals surface area contributed by atoms with Crippen molar-refractivity contribution >= 4 is 39.0 Å². The van der Waals surface area contributed by atoms with Gasteiger partial charge in [0.15, 0.2) is 0 Å². The molecular formula is C13H13BrN2O2S. The third kappa shape index (κ3) is 4.25. The maximum absolute atomic E-state index is 11.7. The van der Waals surface area contributed by atoms with E-state index in [2.05, 4.69) is 26.6 Å². The van der Waals surface area contributed by atoms with Crippen LogP contribution in [-0.4, -0.2) is 13.1 Å². The van der Waals surface area contributed by atoms with Gasteiger partial charge in [-0.25, -0.2) is 4.79 Å². The number of rotatable bonds is 4. The number of urea groups is 1. The van der Waals surface area contributed by atoms with E-state index in [9.17, 15) is 4.79 Å². The highest BCUT2D eigenvalue weighted by Crippen LogP contribution is 2.19. The minimum Gasteiger partial charge on any atom is -0.497 e. The molecule has 0 unspecified atom stereocenters. The molecule has 0 aliphatic heterocycles. The maximum Gasteiger partial charge on any atom is 0.319 e. The van der Waals surface area contributed by atoms with Crippen LogP contribution in [0.2, 0.25) is 0 Å². The van der Waals surface area contributed by atoms with Gasteiger partial charge in [-0.3, -0.25) is 0 Å². The van der Waals surface area contributed by atoms with E-state index < -0.39 is 0 Å².